The van der Waals surface area contributed by atoms with E-state index < -0.39 is 17.9 Å². The maximum Gasteiger partial charge on any atom is 0.331 e. The molecule has 0 bridgehead atoms. The second-order valence-corrected chi connectivity index (χ2v) is 3.04. The highest BCUT2D eigenvalue weighted by Crippen LogP contribution is 1.97. The van der Waals surface area contributed by atoms with Gasteiger partial charge in [0.2, 0.25) is 5.91 Å². The van der Waals surface area contributed by atoms with Crippen LogP contribution in [0.3, 0.4) is 0 Å². The van der Waals surface area contributed by atoms with Gasteiger partial charge in [0, 0.05) is 13.5 Å². The van der Waals surface area contributed by atoms with E-state index in [0.717, 1.165) is 6.08 Å². The van der Waals surface area contributed by atoms with Crippen LogP contribution in [0.25, 0.3) is 0 Å². The number of ketones is 1. The summed E-state index contributed by atoms with van der Waals surface area (Å²) in [6, 6.07) is -1.00. The van der Waals surface area contributed by atoms with Crippen LogP contribution < -0.4 is 5.32 Å². The standard InChI is InChI=1S/C10H15NO5/c1-4-9(13)11-8(5-7(2)12)10(14)16-6-15-3/h4,8H,1,5-6H2,2-3H3,(H,11,13)/t8-/m0/s1. The van der Waals surface area contributed by atoms with Gasteiger partial charge in [0.05, 0.1) is 0 Å². The number of amides is 1. The Morgan fingerprint density at radius 2 is 2.06 bits per heavy atom. The summed E-state index contributed by atoms with van der Waals surface area (Å²) in [6.45, 7) is 4.33. The summed E-state index contributed by atoms with van der Waals surface area (Å²) in [6.07, 6.45) is 0.888. The van der Waals surface area contributed by atoms with E-state index >= 15 is 0 Å². The van der Waals surface area contributed by atoms with Crippen molar-refractivity contribution < 1.29 is 23.9 Å². The maximum absolute atomic E-state index is 11.4. The number of carbonyl (C=O) groups is 3. The van der Waals surface area contributed by atoms with Crippen molar-refractivity contribution in [3.8, 4) is 0 Å². The molecule has 0 heterocycles. The van der Waals surface area contributed by atoms with Crippen LogP contribution in [-0.4, -0.2) is 37.6 Å². The van der Waals surface area contributed by atoms with Crippen LogP contribution in [-0.2, 0) is 23.9 Å². The van der Waals surface area contributed by atoms with Gasteiger partial charge in [0.1, 0.15) is 11.8 Å². The second kappa shape index (κ2) is 7.58. The van der Waals surface area contributed by atoms with E-state index in [1.54, 1.807) is 0 Å². The first-order chi connectivity index (χ1) is 7.51. The van der Waals surface area contributed by atoms with E-state index in [1.807, 2.05) is 0 Å². The number of rotatable bonds is 7. The molecule has 0 aromatic carbocycles. The minimum absolute atomic E-state index is 0.123. The summed E-state index contributed by atoms with van der Waals surface area (Å²) in [5, 5.41) is 2.30. The van der Waals surface area contributed by atoms with Gasteiger partial charge in [-0.05, 0) is 13.0 Å². The molecular formula is C10H15NO5. The van der Waals surface area contributed by atoms with Gasteiger partial charge < -0.3 is 14.8 Å². The summed E-state index contributed by atoms with van der Waals surface area (Å²) < 4.78 is 9.18. The van der Waals surface area contributed by atoms with E-state index in [9.17, 15) is 14.4 Å². The first-order valence-electron chi connectivity index (χ1n) is 4.59. The van der Waals surface area contributed by atoms with E-state index in [-0.39, 0.29) is 19.0 Å². The minimum Gasteiger partial charge on any atom is -0.437 e. The normalized spacial score (nSPS) is 11.4. The molecule has 6 nitrogen and oxygen atoms in total. The Balaban J connectivity index is 4.39. The summed E-state index contributed by atoms with van der Waals surface area (Å²) >= 11 is 0. The van der Waals surface area contributed by atoms with Gasteiger partial charge in [-0.2, -0.15) is 0 Å². The van der Waals surface area contributed by atoms with Crippen molar-refractivity contribution in [2.75, 3.05) is 13.9 Å². The van der Waals surface area contributed by atoms with Crippen molar-refractivity contribution in [2.24, 2.45) is 0 Å². The van der Waals surface area contributed by atoms with Gasteiger partial charge in [-0.3, -0.25) is 9.59 Å². The van der Waals surface area contributed by atoms with Crippen molar-refractivity contribution in [2.45, 2.75) is 19.4 Å². The minimum atomic E-state index is -1.00. The maximum atomic E-state index is 11.4. The molecular weight excluding hydrogens is 214 g/mol. The van der Waals surface area contributed by atoms with E-state index in [1.165, 1.54) is 14.0 Å². The highest BCUT2D eigenvalue weighted by atomic mass is 16.7. The van der Waals surface area contributed by atoms with Crippen LogP contribution in [0.1, 0.15) is 13.3 Å². The second-order valence-electron chi connectivity index (χ2n) is 3.04. The fraction of sp³-hybridized carbons (Fsp3) is 0.500. The SMILES string of the molecule is C=CC(=O)N[C@@H](CC(C)=O)C(=O)OCOC. The molecule has 0 aromatic heterocycles. The predicted octanol–water partition coefficient (Wildman–Crippen LogP) is -0.217. The lowest BCUT2D eigenvalue weighted by Crippen LogP contribution is -2.42. The van der Waals surface area contributed by atoms with E-state index in [2.05, 4.69) is 21.4 Å². The Morgan fingerprint density at radius 1 is 1.44 bits per heavy atom. The monoisotopic (exact) mass is 229 g/mol. The van der Waals surface area contributed by atoms with Crippen LogP contribution in [0.15, 0.2) is 12.7 Å². The third-order valence-corrected chi connectivity index (χ3v) is 1.60. The smallest absolute Gasteiger partial charge is 0.331 e. The Morgan fingerprint density at radius 3 is 2.50 bits per heavy atom. The zero-order valence-corrected chi connectivity index (χ0v) is 9.32. The molecule has 0 saturated heterocycles. The third-order valence-electron chi connectivity index (χ3n) is 1.60. The first kappa shape index (κ1) is 14.3. The summed E-state index contributed by atoms with van der Waals surface area (Å²) in [7, 11) is 1.36. The highest BCUT2D eigenvalue weighted by Gasteiger charge is 2.22. The Hall–Kier alpha value is -1.69. The van der Waals surface area contributed by atoms with Gasteiger partial charge in [0.25, 0.3) is 0 Å². The number of esters is 1. The van der Waals surface area contributed by atoms with Crippen LogP contribution in [0, 0.1) is 0 Å². The van der Waals surface area contributed by atoms with Crippen molar-refractivity contribution in [3.63, 3.8) is 0 Å². The lowest BCUT2D eigenvalue weighted by molar-refractivity contribution is -0.158. The van der Waals surface area contributed by atoms with Crippen molar-refractivity contribution >= 4 is 17.7 Å². The molecule has 0 unspecified atom stereocenters. The van der Waals surface area contributed by atoms with Gasteiger partial charge >= 0.3 is 5.97 Å². The number of hydrogen-bond donors (Lipinski definition) is 1. The molecule has 0 fully saturated rings. The average molecular weight is 229 g/mol. The molecule has 1 N–H and O–H groups in total. The third kappa shape index (κ3) is 5.92. The lowest BCUT2D eigenvalue weighted by atomic mass is 10.1. The van der Waals surface area contributed by atoms with Crippen molar-refractivity contribution in [3.05, 3.63) is 12.7 Å². The molecule has 1 amide bonds. The molecule has 0 spiro atoms. The van der Waals surface area contributed by atoms with E-state index in [4.69, 9.17) is 0 Å². The average Bonchev–Trinajstić information content (AvgIpc) is 2.24. The molecule has 0 aliphatic rings. The molecule has 0 aromatic rings. The summed E-state index contributed by atoms with van der Waals surface area (Å²) in [5.41, 5.74) is 0. The molecule has 0 aliphatic carbocycles. The van der Waals surface area contributed by atoms with E-state index in [0.29, 0.717) is 0 Å². The Bertz CT molecular complexity index is 287. The van der Waals surface area contributed by atoms with Crippen LogP contribution >= 0.6 is 0 Å². The van der Waals surface area contributed by atoms with Gasteiger partial charge in [-0.15, -0.1) is 0 Å². The zero-order chi connectivity index (χ0) is 12.6. The number of methoxy groups -OCH3 is 1. The fourth-order valence-electron chi connectivity index (χ4n) is 0.929. The zero-order valence-electron chi connectivity index (χ0n) is 9.32. The summed E-state index contributed by atoms with van der Waals surface area (Å²) in [5.74, 6) is -1.49. The molecule has 0 rings (SSSR count). The van der Waals surface area contributed by atoms with Crippen molar-refractivity contribution in [1.29, 1.82) is 0 Å². The number of Topliss-reactive ketones (excluding diaryl/α,β-unsaturated/α-hetero) is 1. The highest BCUT2D eigenvalue weighted by molar-refractivity contribution is 5.93. The first-order valence-corrected chi connectivity index (χ1v) is 4.59. The molecule has 90 valence electrons. The number of carbonyl (C=O) groups excluding carboxylic acids is 3. The predicted molar refractivity (Wildman–Crippen MR) is 55.4 cm³/mol. The Labute approximate surface area is 93.6 Å². The molecule has 0 radical (unpaired) electrons. The van der Waals surface area contributed by atoms with Crippen LogP contribution in [0.5, 0.6) is 0 Å². The van der Waals surface area contributed by atoms with Gasteiger partial charge in [0.15, 0.2) is 6.79 Å². The number of hydrogen-bond acceptors (Lipinski definition) is 5. The molecule has 16 heavy (non-hydrogen) atoms. The van der Waals surface area contributed by atoms with Crippen molar-refractivity contribution in [1.82, 2.24) is 5.32 Å². The molecule has 1 atom stereocenters. The van der Waals surface area contributed by atoms with Crippen LogP contribution in [0.4, 0.5) is 0 Å². The van der Waals surface area contributed by atoms with Crippen LogP contribution in [0.2, 0.25) is 0 Å². The number of ether oxygens (including phenoxy) is 2. The molecule has 0 aliphatic heterocycles. The lowest BCUT2D eigenvalue weighted by Gasteiger charge is -2.14. The number of nitrogens with one attached hydrogen (secondary N) is 1. The largest absolute Gasteiger partial charge is 0.437 e. The fourth-order valence-corrected chi connectivity index (χ4v) is 0.929. The molecule has 0 saturated carbocycles. The quantitative estimate of drug-likeness (QED) is 0.371. The Kier molecular flexibility index (Phi) is 6.78. The molecule has 6 heteroatoms. The van der Waals surface area contributed by atoms with Gasteiger partial charge in [-0.1, -0.05) is 6.58 Å². The topological polar surface area (TPSA) is 81.7 Å². The van der Waals surface area contributed by atoms with Gasteiger partial charge in [-0.25, -0.2) is 4.79 Å². The summed E-state index contributed by atoms with van der Waals surface area (Å²) in [4.78, 5) is 33.3.